The highest BCUT2D eigenvalue weighted by Gasteiger charge is 2.26. The zero-order chi connectivity index (χ0) is 13.6. The van der Waals surface area contributed by atoms with Gasteiger partial charge in [-0.25, -0.2) is 0 Å². The largest absolute Gasteiger partial charge is 0.368 e. The third-order valence-electron chi connectivity index (χ3n) is 2.38. The van der Waals surface area contributed by atoms with Crippen LogP contribution in [-0.2, 0) is 14.4 Å². The maximum Gasteiger partial charge on any atom is 0.243 e. The van der Waals surface area contributed by atoms with E-state index in [0.29, 0.717) is 6.42 Å². The van der Waals surface area contributed by atoms with Crippen molar-refractivity contribution < 1.29 is 14.4 Å². The molecule has 6 nitrogen and oxygen atoms in total. The SMILES string of the molecule is CC[C@H](NC(=O)[C@H](NC(C)=O)C(C)C)C(N)=O. The van der Waals surface area contributed by atoms with Crippen LogP contribution in [0, 0.1) is 5.92 Å². The Kier molecular flexibility index (Phi) is 6.23. The van der Waals surface area contributed by atoms with E-state index in [4.69, 9.17) is 5.73 Å². The number of nitrogens with one attached hydrogen (secondary N) is 2. The minimum absolute atomic E-state index is 0.0655. The Labute approximate surface area is 101 Å². The number of rotatable bonds is 6. The van der Waals surface area contributed by atoms with Gasteiger partial charge in [-0.15, -0.1) is 0 Å². The van der Waals surface area contributed by atoms with Gasteiger partial charge in [-0.1, -0.05) is 20.8 Å². The molecule has 4 N–H and O–H groups in total. The Hall–Kier alpha value is -1.59. The van der Waals surface area contributed by atoms with Crippen LogP contribution in [0.4, 0.5) is 0 Å². The van der Waals surface area contributed by atoms with Crippen LogP contribution in [0.1, 0.15) is 34.1 Å². The summed E-state index contributed by atoms with van der Waals surface area (Å²) in [6.45, 7) is 6.71. The topological polar surface area (TPSA) is 101 Å². The van der Waals surface area contributed by atoms with Crippen molar-refractivity contribution in [1.29, 1.82) is 0 Å². The van der Waals surface area contributed by atoms with E-state index in [2.05, 4.69) is 10.6 Å². The highest BCUT2D eigenvalue weighted by Crippen LogP contribution is 2.03. The first-order valence-electron chi connectivity index (χ1n) is 5.66. The van der Waals surface area contributed by atoms with Crippen LogP contribution < -0.4 is 16.4 Å². The quantitative estimate of drug-likeness (QED) is 0.587. The Balaban J connectivity index is 4.62. The number of hydrogen-bond donors (Lipinski definition) is 3. The van der Waals surface area contributed by atoms with Crippen LogP contribution >= 0.6 is 0 Å². The molecule has 0 saturated heterocycles. The number of hydrogen-bond acceptors (Lipinski definition) is 3. The maximum atomic E-state index is 11.9. The van der Waals surface area contributed by atoms with Crippen molar-refractivity contribution >= 4 is 17.7 Å². The highest BCUT2D eigenvalue weighted by molar-refractivity contribution is 5.91. The van der Waals surface area contributed by atoms with Crippen LogP contribution in [-0.4, -0.2) is 29.8 Å². The summed E-state index contributed by atoms with van der Waals surface area (Å²) in [6, 6.07) is -1.35. The average molecular weight is 243 g/mol. The number of carbonyl (C=O) groups excluding carboxylic acids is 3. The molecule has 0 spiro atoms. The molecular formula is C11H21N3O3. The summed E-state index contributed by atoms with van der Waals surface area (Å²) in [6.07, 6.45) is 0.423. The molecule has 0 radical (unpaired) electrons. The lowest BCUT2D eigenvalue weighted by Gasteiger charge is -2.23. The highest BCUT2D eigenvalue weighted by atomic mass is 16.2. The molecule has 0 aromatic heterocycles. The van der Waals surface area contributed by atoms with Gasteiger partial charge in [0.2, 0.25) is 17.7 Å². The number of nitrogens with two attached hydrogens (primary N) is 1. The molecular weight excluding hydrogens is 222 g/mol. The molecule has 3 amide bonds. The van der Waals surface area contributed by atoms with E-state index in [-0.39, 0.29) is 17.7 Å². The van der Waals surface area contributed by atoms with Crippen molar-refractivity contribution in [3.05, 3.63) is 0 Å². The van der Waals surface area contributed by atoms with E-state index in [1.54, 1.807) is 6.92 Å². The molecule has 0 aliphatic rings. The van der Waals surface area contributed by atoms with E-state index in [9.17, 15) is 14.4 Å². The van der Waals surface area contributed by atoms with Gasteiger partial charge in [-0.3, -0.25) is 14.4 Å². The normalized spacial score (nSPS) is 13.9. The zero-order valence-corrected chi connectivity index (χ0v) is 10.7. The number of carbonyl (C=O) groups is 3. The van der Waals surface area contributed by atoms with Crippen LogP contribution in [0.2, 0.25) is 0 Å². The van der Waals surface area contributed by atoms with Crippen LogP contribution in [0.3, 0.4) is 0 Å². The van der Waals surface area contributed by atoms with Gasteiger partial charge in [0.25, 0.3) is 0 Å². The van der Waals surface area contributed by atoms with Crippen molar-refractivity contribution in [2.75, 3.05) is 0 Å². The second-order valence-corrected chi connectivity index (χ2v) is 4.29. The van der Waals surface area contributed by atoms with Crippen molar-refractivity contribution in [3.63, 3.8) is 0 Å². The lowest BCUT2D eigenvalue weighted by atomic mass is 10.0. The molecule has 0 aliphatic carbocycles. The fourth-order valence-electron chi connectivity index (χ4n) is 1.39. The van der Waals surface area contributed by atoms with Crippen LogP contribution in [0.5, 0.6) is 0 Å². The van der Waals surface area contributed by atoms with Crippen molar-refractivity contribution in [3.8, 4) is 0 Å². The summed E-state index contributed by atoms with van der Waals surface area (Å²) in [7, 11) is 0. The summed E-state index contributed by atoms with van der Waals surface area (Å²) in [5.41, 5.74) is 5.13. The molecule has 2 atom stereocenters. The Bertz CT molecular complexity index is 302. The van der Waals surface area contributed by atoms with Gasteiger partial charge in [0.1, 0.15) is 12.1 Å². The molecule has 0 heterocycles. The molecule has 0 bridgehead atoms. The van der Waals surface area contributed by atoms with Crippen LogP contribution in [0.15, 0.2) is 0 Å². The molecule has 0 aliphatic heterocycles. The fourth-order valence-corrected chi connectivity index (χ4v) is 1.39. The standard InChI is InChI=1S/C11H21N3O3/c1-5-8(10(12)16)14-11(17)9(6(2)3)13-7(4)15/h6,8-9H,5H2,1-4H3,(H2,12,16)(H,13,15)(H,14,17)/t8-,9+/m0/s1. The predicted octanol–water partition coefficient (Wildman–Crippen LogP) is -0.473. The average Bonchev–Trinajstić information content (AvgIpc) is 2.20. The van der Waals surface area contributed by atoms with Gasteiger partial charge in [-0.05, 0) is 12.3 Å². The van der Waals surface area contributed by atoms with Crippen molar-refractivity contribution in [2.24, 2.45) is 11.7 Å². The van der Waals surface area contributed by atoms with Gasteiger partial charge in [0.05, 0.1) is 0 Å². The first kappa shape index (κ1) is 15.4. The second-order valence-electron chi connectivity index (χ2n) is 4.29. The molecule has 0 saturated carbocycles. The van der Waals surface area contributed by atoms with Crippen molar-refractivity contribution in [2.45, 2.75) is 46.2 Å². The van der Waals surface area contributed by atoms with E-state index >= 15 is 0 Å². The van der Waals surface area contributed by atoms with Gasteiger partial charge in [0.15, 0.2) is 0 Å². The smallest absolute Gasteiger partial charge is 0.243 e. The van der Waals surface area contributed by atoms with E-state index in [0.717, 1.165) is 0 Å². The first-order valence-corrected chi connectivity index (χ1v) is 5.66. The lowest BCUT2D eigenvalue weighted by molar-refractivity contribution is -0.131. The van der Waals surface area contributed by atoms with Gasteiger partial charge >= 0.3 is 0 Å². The second kappa shape index (κ2) is 6.88. The monoisotopic (exact) mass is 243 g/mol. The number of primary amides is 1. The van der Waals surface area contributed by atoms with Crippen LogP contribution in [0.25, 0.3) is 0 Å². The Morgan fingerprint density at radius 3 is 2.00 bits per heavy atom. The van der Waals surface area contributed by atoms with E-state index in [1.807, 2.05) is 13.8 Å². The molecule has 0 fully saturated rings. The molecule has 6 heteroatoms. The molecule has 0 rings (SSSR count). The summed E-state index contributed by atoms with van der Waals surface area (Å²) in [5.74, 6) is -1.32. The fraction of sp³-hybridized carbons (Fsp3) is 0.727. The molecule has 17 heavy (non-hydrogen) atoms. The summed E-state index contributed by atoms with van der Waals surface area (Å²) >= 11 is 0. The summed E-state index contributed by atoms with van der Waals surface area (Å²) in [4.78, 5) is 33.8. The minimum Gasteiger partial charge on any atom is -0.368 e. The summed E-state index contributed by atoms with van der Waals surface area (Å²) < 4.78 is 0. The Morgan fingerprint density at radius 2 is 1.71 bits per heavy atom. The third kappa shape index (κ3) is 5.33. The van der Waals surface area contributed by atoms with E-state index < -0.39 is 18.0 Å². The van der Waals surface area contributed by atoms with Crippen molar-refractivity contribution in [1.82, 2.24) is 10.6 Å². The van der Waals surface area contributed by atoms with E-state index in [1.165, 1.54) is 6.92 Å². The minimum atomic E-state index is -0.697. The molecule has 0 aromatic rings. The predicted molar refractivity (Wildman–Crippen MR) is 63.9 cm³/mol. The zero-order valence-electron chi connectivity index (χ0n) is 10.7. The molecule has 0 aromatic carbocycles. The summed E-state index contributed by atoms with van der Waals surface area (Å²) in [5, 5.41) is 5.07. The van der Waals surface area contributed by atoms with Gasteiger partial charge in [-0.2, -0.15) is 0 Å². The molecule has 0 unspecified atom stereocenters. The lowest BCUT2D eigenvalue weighted by Crippen LogP contribution is -2.54. The first-order chi connectivity index (χ1) is 7.79. The van der Waals surface area contributed by atoms with Gasteiger partial charge in [0, 0.05) is 6.92 Å². The third-order valence-corrected chi connectivity index (χ3v) is 2.38. The Morgan fingerprint density at radius 1 is 1.18 bits per heavy atom. The number of amides is 3. The maximum absolute atomic E-state index is 11.9. The molecule has 98 valence electrons. The van der Waals surface area contributed by atoms with Gasteiger partial charge < -0.3 is 16.4 Å².